The first-order valence-corrected chi connectivity index (χ1v) is 12.4. The maximum absolute atomic E-state index is 13.8. The fourth-order valence-corrected chi connectivity index (χ4v) is 4.22. The van der Waals surface area contributed by atoms with Gasteiger partial charge in [-0.05, 0) is 78.3 Å². The molecule has 0 spiro atoms. The van der Waals surface area contributed by atoms with Gasteiger partial charge in [-0.2, -0.15) is 0 Å². The zero-order valence-electron chi connectivity index (χ0n) is 21.4. The molecule has 0 saturated carbocycles. The van der Waals surface area contributed by atoms with E-state index in [0.717, 1.165) is 22.6 Å². The second kappa shape index (κ2) is 11.5. The normalized spacial score (nSPS) is 10.7. The number of hydrogen-bond donors (Lipinski definition) is 2. The molecule has 5 rings (SSSR count). The number of rotatable bonds is 8. The van der Waals surface area contributed by atoms with Crippen LogP contribution in [0.4, 0.5) is 26.2 Å². The van der Waals surface area contributed by atoms with Crippen molar-refractivity contribution in [1.82, 2.24) is 4.98 Å². The standard InChI is InChI=1S/C31H23FN4O4/c1-19(37)27-17-23(32)10-13-29(27)40-30-22(14-20-6-3-2-4-7-20)15-21-16-25(11-12-28(21)35-30)34-31(38)33-24-8-5-9-26(18-24)36-39/h2-13,15-18H,14H2,1H3,(H2,33,34,38). The minimum Gasteiger partial charge on any atom is -0.438 e. The zero-order chi connectivity index (χ0) is 28.1. The lowest BCUT2D eigenvalue weighted by atomic mass is 10.0. The first kappa shape index (κ1) is 26.2. The minimum atomic E-state index is -0.536. The molecule has 4 aromatic carbocycles. The van der Waals surface area contributed by atoms with Crippen molar-refractivity contribution < 1.29 is 18.7 Å². The van der Waals surface area contributed by atoms with Gasteiger partial charge in [0.1, 0.15) is 17.3 Å². The Morgan fingerprint density at radius 2 is 1.65 bits per heavy atom. The Morgan fingerprint density at radius 1 is 0.875 bits per heavy atom. The third-order valence-corrected chi connectivity index (χ3v) is 6.09. The van der Waals surface area contributed by atoms with Gasteiger partial charge in [0.2, 0.25) is 5.88 Å². The van der Waals surface area contributed by atoms with Crippen LogP contribution in [0, 0.1) is 10.7 Å². The number of nitrogens with zero attached hydrogens (tertiary/aromatic N) is 2. The maximum atomic E-state index is 13.8. The molecule has 9 heteroatoms. The van der Waals surface area contributed by atoms with Crippen LogP contribution in [0.5, 0.6) is 11.6 Å². The van der Waals surface area contributed by atoms with Crippen molar-refractivity contribution in [2.24, 2.45) is 5.18 Å². The Kier molecular flexibility index (Phi) is 7.54. The number of ketones is 1. The number of nitroso groups, excluding NO2 is 1. The summed E-state index contributed by atoms with van der Waals surface area (Å²) in [5, 5.41) is 9.07. The lowest BCUT2D eigenvalue weighted by Gasteiger charge is -2.15. The quantitative estimate of drug-likeness (QED) is 0.155. The lowest BCUT2D eigenvalue weighted by Crippen LogP contribution is -2.19. The number of halogens is 1. The number of urea groups is 1. The van der Waals surface area contributed by atoms with E-state index in [4.69, 9.17) is 9.72 Å². The summed E-state index contributed by atoms with van der Waals surface area (Å²) in [5.41, 5.74) is 3.61. The van der Waals surface area contributed by atoms with Gasteiger partial charge in [0.15, 0.2) is 5.78 Å². The predicted octanol–water partition coefficient (Wildman–Crippen LogP) is 8.00. The first-order valence-electron chi connectivity index (χ1n) is 12.4. The Labute approximate surface area is 228 Å². The summed E-state index contributed by atoms with van der Waals surface area (Å²) < 4.78 is 19.9. The van der Waals surface area contributed by atoms with Crippen molar-refractivity contribution in [1.29, 1.82) is 0 Å². The van der Waals surface area contributed by atoms with E-state index in [0.29, 0.717) is 23.3 Å². The molecule has 5 aromatic rings. The lowest BCUT2D eigenvalue weighted by molar-refractivity contribution is 0.101. The van der Waals surface area contributed by atoms with E-state index >= 15 is 0 Å². The summed E-state index contributed by atoms with van der Waals surface area (Å²) in [6, 6.07) is 26.4. The highest BCUT2D eigenvalue weighted by atomic mass is 19.1. The molecule has 0 saturated heterocycles. The second-order valence-corrected chi connectivity index (χ2v) is 9.04. The molecule has 0 aliphatic carbocycles. The number of aromatic nitrogens is 1. The van der Waals surface area contributed by atoms with E-state index in [-0.39, 0.29) is 28.7 Å². The molecule has 0 unspecified atom stereocenters. The molecule has 0 atom stereocenters. The fraction of sp³-hybridized carbons (Fsp3) is 0.0645. The molecule has 0 aliphatic rings. The Morgan fingerprint density at radius 3 is 2.40 bits per heavy atom. The van der Waals surface area contributed by atoms with Crippen molar-refractivity contribution in [3.05, 3.63) is 124 Å². The van der Waals surface area contributed by atoms with Gasteiger partial charge in [0.05, 0.1) is 11.1 Å². The van der Waals surface area contributed by atoms with E-state index in [2.05, 4.69) is 15.8 Å². The number of carbonyl (C=O) groups is 2. The molecule has 1 heterocycles. The number of amides is 2. The summed E-state index contributed by atoms with van der Waals surface area (Å²) in [4.78, 5) is 40.2. The van der Waals surface area contributed by atoms with Gasteiger partial charge < -0.3 is 15.4 Å². The summed E-state index contributed by atoms with van der Waals surface area (Å²) >= 11 is 0. The van der Waals surface area contributed by atoms with E-state index in [9.17, 15) is 18.9 Å². The SMILES string of the molecule is CC(=O)c1cc(F)ccc1Oc1nc2ccc(NC(=O)Nc3cccc(N=O)c3)cc2cc1Cc1ccccc1. The van der Waals surface area contributed by atoms with Crippen LogP contribution in [0.25, 0.3) is 10.9 Å². The van der Waals surface area contributed by atoms with E-state index in [1.807, 2.05) is 36.4 Å². The van der Waals surface area contributed by atoms with Gasteiger partial charge in [0.25, 0.3) is 0 Å². The minimum absolute atomic E-state index is 0.118. The number of Topliss-reactive ketones (excluding diaryl/α,β-unsaturated/α-hetero) is 1. The molecule has 2 amide bonds. The van der Waals surface area contributed by atoms with Gasteiger partial charge in [-0.15, -0.1) is 4.91 Å². The zero-order valence-corrected chi connectivity index (χ0v) is 21.4. The summed E-state index contributed by atoms with van der Waals surface area (Å²) in [5.74, 6) is -0.375. The highest BCUT2D eigenvalue weighted by Crippen LogP contribution is 2.32. The topological polar surface area (TPSA) is 110 Å². The van der Waals surface area contributed by atoms with Gasteiger partial charge in [-0.25, -0.2) is 14.2 Å². The summed E-state index contributed by atoms with van der Waals surface area (Å²) in [6.07, 6.45) is 0.481. The van der Waals surface area contributed by atoms with Crippen molar-refractivity contribution in [3.8, 4) is 11.6 Å². The molecule has 0 aliphatic heterocycles. The Bertz CT molecular complexity index is 1740. The smallest absolute Gasteiger partial charge is 0.323 e. The third kappa shape index (κ3) is 6.16. The molecule has 0 radical (unpaired) electrons. The van der Waals surface area contributed by atoms with E-state index in [1.165, 1.54) is 31.2 Å². The average molecular weight is 535 g/mol. The number of ether oxygens (including phenoxy) is 1. The number of hydrogen-bond acceptors (Lipinski definition) is 6. The Balaban J connectivity index is 1.47. The van der Waals surface area contributed by atoms with Crippen LogP contribution in [-0.2, 0) is 6.42 Å². The van der Waals surface area contributed by atoms with Crippen LogP contribution in [0.1, 0.15) is 28.4 Å². The molecular formula is C31H23FN4O4. The molecule has 0 fully saturated rings. The van der Waals surface area contributed by atoms with Gasteiger partial charge in [0, 0.05) is 28.7 Å². The van der Waals surface area contributed by atoms with Crippen LogP contribution in [0.3, 0.4) is 0 Å². The molecule has 198 valence electrons. The van der Waals surface area contributed by atoms with Gasteiger partial charge in [-0.3, -0.25) is 4.79 Å². The molecule has 2 N–H and O–H groups in total. The molecule has 8 nitrogen and oxygen atoms in total. The monoisotopic (exact) mass is 534 g/mol. The summed E-state index contributed by atoms with van der Waals surface area (Å²) in [7, 11) is 0. The van der Waals surface area contributed by atoms with Crippen LogP contribution >= 0.6 is 0 Å². The van der Waals surface area contributed by atoms with Gasteiger partial charge >= 0.3 is 6.03 Å². The number of nitrogens with one attached hydrogen (secondary N) is 2. The van der Waals surface area contributed by atoms with Crippen LogP contribution in [0.15, 0.2) is 102 Å². The first-order chi connectivity index (χ1) is 19.4. The largest absolute Gasteiger partial charge is 0.438 e. The molecule has 40 heavy (non-hydrogen) atoms. The number of anilines is 2. The van der Waals surface area contributed by atoms with Crippen molar-refractivity contribution in [3.63, 3.8) is 0 Å². The van der Waals surface area contributed by atoms with Crippen molar-refractivity contribution in [2.75, 3.05) is 10.6 Å². The van der Waals surface area contributed by atoms with Crippen LogP contribution < -0.4 is 15.4 Å². The Hall–Kier alpha value is -5.44. The number of fused-ring (bicyclic) bond motifs is 1. The van der Waals surface area contributed by atoms with E-state index in [1.54, 1.807) is 30.3 Å². The van der Waals surface area contributed by atoms with E-state index < -0.39 is 11.8 Å². The number of pyridine rings is 1. The summed E-state index contributed by atoms with van der Waals surface area (Å²) in [6.45, 7) is 1.35. The van der Waals surface area contributed by atoms with Crippen molar-refractivity contribution in [2.45, 2.75) is 13.3 Å². The third-order valence-electron chi connectivity index (χ3n) is 6.09. The van der Waals surface area contributed by atoms with Gasteiger partial charge in [-0.1, -0.05) is 36.4 Å². The predicted molar refractivity (Wildman–Crippen MR) is 152 cm³/mol. The number of carbonyl (C=O) groups excluding carboxylic acids is 2. The average Bonchev–Trinajstić information content (AvgIpc) is 2.95. The second-order valence-electron chi connectivity index (χ2n) is 9.04. The van der Waals surface area contributed by atoms with Crippen molar-refractivity contribution >= 4 is 39.8 Å². The molecule has 1 aromatic heterocycles. The maximum Gasteiger partial charge on any atom is 0.323 e. The fourth-order valence-electron chi connectivity index (χ4n) is 4.22. The molecule has 0 bridgehead atoms. The van der Waals surface area contributed by atoms with Crippen LogP contribution in [-0.4, -0.2) is 16.8 Å². The highest BCUT2D eigenvalue weighted by molar-refractivity contribution is 6.01. The number of benzene rings is 4. The van der Waals surface area contributed by atoms with Crippen LogP contribution in [0.2, 0.25) is 0 Å². The highest BCUT2D eigenvalue weighted by Gasteiger charge is 2.16. The molecular weight excluding hydrogens is 511 g/mol.